The van der Waals surface area contributed by atoms with Crippen LogP contribution in [-0.2, 0) is 6.54 Å². The smallest absolute Gasteiger partial charge is 0.255 e. The van der Waals surface area contributed by atoms with E-state index < -0.39 is 0 Å². The standard InChI is InChI=1S/C17H22N4O/c1-4-7-21-13(3)8-19-16(21)15-10-20(11-15)17(22)14-6-5-12(2)18-9-14/h5-6,8-9,15H,4,7,10-11H2,1-3H3. The van der Waals surface area contributed by atoms with Gasteiger partial charge in [0.05, 0.1) is 11.5 Å². The van der Waals surface area contributed by atoms with Gasteiger partial charge in [0, 0.05) is 43.4 Å². The second-order valence-corrected chi connectivity index (χ2v) is 6.00. The van der Waals surface area contributed by atoms with Crippen LogP contribution in [0.2, 0.25) is 0 Å². The molecule has 0 atom stereocenters. The van der Waals surface area contributed by atoms with Gasteiger partial charge < -0.3 is 9.47 Å². The summed E-state index contributed by atoms with van der Waals surface area (Å²) in [6, 6.07) is 3.72. The highest BCUT2D eigenvalue weighted by Crippen LogP contribution is 2.28. The third-order valence-corrected chi connectivity index (χ3v) is 4.23. The average Bonchev–Trinajstić information content (AvgIpc) is 2.80. The number of amides is 1. The number of nitrogens with zero attached hydrogens (tertiary/aromatic N) is 4. The molecule has 1 aliphatic heterocycles. The number of carbonyl (C=O) groups excluding carboxylic acids is 1. The topological polar surface area (TPSA) is 51.0 Å². The highest BCUT2D eigenvalue weighted by Gasteiger charge is 2.35. The zero-order valence-electron chi connectivity index (χ0n) is 13.4. The van der Waals surface area contributed by atoms with E-state index in [1.165, 1.54) is 5.69 Å². The molecule has 5 nitrogen and oxygen atoms in total. The summed E-state index contributed by atoms with van der Waals surface area (Å²) in [7, 11) is 0. The third-order valence-electron chi connectivity index (χ3n) is 4.23. The second kappa shape index (κ2) is 5.91. The van der Waals surface area contributed by atoms with Crippen molar-refractivity contribution in [2.75, 3.05) is 13.1 Å². The Kier molecular flexibility index (Phi) is 3.96. The Morgan fingerprint density at radius 2 is 2.00 bits per heavy atom. The second-order valence-electron chi connectivity index (χ2n) is 6.00. The number of imidazole rings is 1. The quantitative estimate of drug-likeness (QED) is 0.871. The molecule has 5 heteroatoms. The molecule has 3 rings (SSSR count). The summed E-state index contributed by atoms with van der Waals surface area (Å²) in [5, 5.41) is 0. The Bertz CT molecular complexity index is 668. The monoisotopic (exact) mass is 298 g/mol. The Balaban J connectivity index is 1.67. The van der Waals surface area contributed by atoms with E-state index in [-0.39, 0.29) is 5.91 Å². The maximum Gasteiger partial charge on any atom is 0.255 e. The van der Waals surface area contributed by atoms with Crippen LogP contribution in [0.1, 0.15) is 46.8 Å². The molecule has 22 heavy (non-hydrogen) atoms. The molecule has 0 N–H and O–H groups in total. The highest BCUT2D eigenvalue weighted by molar-refractivity contribution is 5.94. The van der Waals surface area contributed by atoms with Crippen molar-refractivity contribution < 1.29 is 4.79 Å². The third kappa shape index (κ3) is 2.63. The summed E-state index contributed by atoms with van der Waals surface area (Å²) in [6.07, 6.45) is 4.68. The van der Waals surface area contributed by atoms with Gasteiger partial charge in [-0.05, 0) is 32.4 Å². The lowest BCUT2D eigenvalue weighted by atomic mass is 9.98. The van der Waals surface area contributed by atoms with Crippen LogP contribution in [0.15, 0.2) is 24.5 Å². The molecule has 1 aliphatic rings. The van der Waals surface area contributed by atoms with Crippen molar-refractivity contribution in [1.29, 1.82) is 0 Å². The fourth-order valence-corrected chi connectivity index (χ4v) is 2.90. The molecule has 2 aromatic rings. The van der Waals surface area contributed by atoms with Crippen LogP contribution in [0.5, 0.6) is 0 Å². The molecule has 1 fully saturated rings. The number of aromatic nitrogens is 3. The highest BCUT2D eigenvalue weighted by atomic mass is 16.2. The Hall–Kier alpha value is -2.17. The van der Waals surface area contributed by atoms with Crippen LogP contribution < -0.4 is 0 Å². The van der Waals surface area contributed by atoms with E-state index in [0.717, 1.165) is 37.6 Å². The first kappa shape index (κ1) is 14.8. The van der Waals surface area contributed by atoms with E-state index in [1.807, 2.05) is 30.2 Å². The van der Waals surface area contributed by atoms with Crippen molar-refractivity contribution in [2.24, 2.45) is 0 Å². The molecule has 1 amide bonds. The van der Waals surface area contributed by atoms with Gasteiger partial charge in [-0.1, -0.05) is 6.92 Å². The Morgan fingerprint density at radius 3 is 2.64 bits per heavy atom. The van der Waals surface area contributed by atoms with Crippen molar-refractivity contribution in [3.8, 4) is 0 Å². The number of likely N-dealkylation sites (tertiary alicyclic amines) is 1. The summed E-state index contributed by atoms with van der Waals surface area (Å²) in [5.41, 5.74) is 2.79. The molecule has 0 unspecified atom stereocenters. The number of hydrogen-bond donors (Lipinski definition) is 0. The lowest BCUT2D eigenvalue weighted by molar-refractivity contribution is 0.0590. The van der Waals surface area contributed by atoms with Crippen molar-refractivity contribution in [1.82, 2.24) is 19.4 Å². The minimum Gasteiger partial charge on any atom is -0.337 e. The van der Waals surface area contributed by atoms with Crippen LogP contribution in [-0.4, -0.2) is 38.4 Å². The van der Waals surface area contributed by atoms with Gasteiger partial charge in [0.15, 0.2) is 0 Å². The van der Waals surface area contributed by atoms with E-state index in [4.69, 9.17) is 0 Å². The lowest BCUT2D eigenvalue weighted by Gasteiger charge is -2.39. The van der Waals surface area contributed by atoms with Crippen LogP contribution in [0, 0.1) is 13.8 Å². The van der Waals surface area contributed by atoms with Crippen LogP contribution >= 0.6 is 0 Å². The first-order valence-corrected chi connectivity index (χ1v) is 7.84. The van der Waals surface area contributed by atoms with Crippen LogP contribution in [0.25, 0.3) is 0 Å². The molecule has 0 spiro atoms. The Morgan fingerprint density at radius 1 is 1.23 bits per heavy atom. The molecule has 2 aromatic heterocycles. The Labute approximate surface area is 131 Å². The summed E-state index contributed by atoms with van der Waals surface area (Å²) < 4.78 is 2.28. The maximum atomic E-state index is 12.4. The van der Waals surface area contributed by atoms with Gasteiger partial charge in [-0.3, -0.25) is 9.78 Å². The van der Waals surface area contributed by atoms with Crippen molar-refractivity contribution in [3.05, 3.63) is 47.3 Å². The lowest BCUT2D eigenvalue weighted by Crippen LogP contribution is -2.49. The van der Waals surface area contributed by atoms with Gasteiger partial charge in [0.25, 0.3) is 5.91 Å². The zero-order chi connectivity index (χ0) is 15.7. The minimum absolute atomic E-state index is 0.0640. The van der Waals surface area contributed by atoms with E-state index in [2.05, 4.69) is 28.4 Å². The van der Waals surface area contributed by atoms with Crippen LogP contribution in [0.4, 0.5) is 0 Å². The summed E-state index contributed by atoms with van der Waals surface area (Å²) in [5.74, 6) is 1.53. The summed E-state index contributed by atoms with van der Waals surface area (Å²) in [4.78, 5) is 23.0. The first-order valence-electron chi connectivity index (χ1n) is 7.84. The minimum atomic E-state index is 0.0640. The molecular formula is C17H22N4O. The molecule has 0 aliphatic carbocycles. The van der Waals surface area contributed by atoms with Gasteiger partial charge in [-0.15, -0.1) is 0 Å². The summed E-state index contributed by atoms with van der Waals surface area (Å²) >= 11 is 0. The van der Waals surface area contributed by atoms with E-state index >= 15 is 0 Å². The number of hydrogen-bond acceptors (Lipinski definition) is 3. The van der Waals surface area contributed by atoms with Crippen LogP contribution in [0.3, 0.4) is 0 Å². The van der Waals surface area contributed by atoms with Crippen molar-refractivity contribution in [3.63, 3.8) is 0 Å². The van der Waals surface area contributed by atoms with E-state index in [9.17, 15) is 4.79 Å². The molecule has 116 valence electrons. The number of rotatable bonds is 4. The first-order chi connectivity index (χ1) is 10.6. The molecule has 3 heterocycles. The number of aryl methyl sites for hydroxylation is 2. The zero-order valence-corrected chi connectivity index (χ0v) is 13.4. The predicted octanol–water partition coefficient (Wildman–Crippen LogP) is 2.54. The van der Waals surface area contributed by atoms with Gasteiger partial charge in [-0.25, -0.2) is 4.98 Å². The average molecular weight is 298 g/mol. The van der Waals surface area contributed by atoms with Crippen molar-refractivity contribution >= 4 is 5.91 Å². The molecule has 1 saturated heterocycles. The van der Waals surface area contributed by atoms with Gasteiger partial charge in [0.1, 0.15) is 5.82 Å². The normalized spacial score (nSPS) is 15.0. The molecular weight excluding hydrogens is 276 g/mol. The molecule has 0 saturated carbocycles. The summed E-state index contributed by atoms with van der Waals surface area (Å²) in [6.45, 7) is 8.66. The number of pyridine rings is 1. The van der Waals surface area contributed by atoms with Gasteiger partial charge in [0.2, 0.25) is 0 Å². The SMILES string of the molecule is CCCn1c(C)cnc1C1CN(C(=O)c2ccc(C)nc2)C1. The molecule has 0 aromatic carbocycles. The fourth-order valence-electron chi connectivity index (χ4n) is 2.90. The van der Waals surface area contributed by atoms with Crippen molar-refractivity contribution in [2.45, 2.75) is 39.7 Å². The number of carbonyl (C=O) groups is 1. The molecule has 0 bridgehead atoms. The van der Waals surface area contributed by atoms with Gasteiger partial charge in [-0.2, -0.15) is 0 Å². The maximum absolute atomic E-state index is 12.4. The molecule has 0 radical (unpaired) electrons. The largest absolute Gasteiger partial charge is 0.337 e. The predicted molar refractivity (Wildman–Crippen MR) is 84.9 cm³/mol. The van der Waals surface area contributed by atoms with Gasteiger partial charge >= 0.3 is 0 Å². The van der Waals surface area contributed by atoms with E-state index in [0.29, 0.717) is 11.5 Å². The fraction of sp³-hybridized carbons (Fsp3) is 0.471. The van der Waals surface area contributed by atoms with E-state index in [1.54, 1.807) is 6.20 Å².